The molecule has 0 aromatic carbocycles. The highest BCUT2D eigenvalue weighted by molar-refractivity contribution is 5.22. The largest absolute Gasteiger partial charge is 0.444 e. The molecule has 124 valence electrons. The van der Waals surface area contributed by atoms with Gasteiger partial charge < -0.3 is 8.98 Å². The van der Waals surface area contributed by atoms with Gasteiger partial charge in [0.1, 0.15) is 11.6 Å². The molecule has 23 heavy (non-hydrogen) atoms. The highest BCUT2D eigenvalue weighted by Crippen LogP contribution is 2.34. The molecule has 2 aromatic heterocycles. The molecule has 2 aliphatic rings. The summed E-state index contributed by atoms with van der Waals surface area (Å²) in [6, 6.07) is 0.401. The maximum Gasteiger partial charge on any atom is 0.208 e. The Labute approximate surface area is 137 Å². The van der Waals surface area contributed by atoms with Gasteiger partial charge in [0.15, 0.2) is 0 Å². The highest BCUT2D eigenvalue weighted by atomic mass is 16.4. The molecule has 5 nitrogen and oxygen atoms in total. The first-order valence-electron chi connectivity index (χ1n) is 8.85. The molecule has 1 atom stereocenters. The Morgan fingerprint density at radius 2 is 1.96 bits per heavy atom. The normalized spacial score (nSPS) is 21.8. The molecule has 0 radical (unpaired) electrons. The zero-order chi connectivity index (χ0) is 16.0. The summed E-state index contributed by atoms with van der Waals surface area (Å²) in [5, 5.41) is 0. The Kier molecular flexibility index (Phi) is 3.76. The van der Waals surface area contributed by atoms with Crippen LogP contribution in [-0.2, 0) is 26.4 Å². The zero-order valence-corrected chi connectivity index (χ0v) is 14.4. The number of aromatic nitrogens is 3. The van der Waals surface area contributed by atoms with Crippen LogP contribution in [-0.4, -0.2) is 26.0 Å². The zero-order valence-electron chi connectivity index (χ0n) is 14.4. The lowest BCUT2D eigenvalue weighted by Crippen LogP contribution is -2.25. The predicted octanol–water partition coefficient (Wildman–Crippen LogP) is 3.24. The molecule has 1 aliphatic carbocycles. The van der Waals surface area contributed by atoms with Crippen molar-refractivity contribution < 1.29 is 4.42 Å². The lowest BCUT2D eigenvalue weighted by atomic mass is 10.0. The van der Waals surface area contributed by atoms with Crippen LogP contribution in [0.15, 0.2) is 4.42 Å². The SMILES string of the molecule is Cc1nc(CN2CCC[C@@H]2c2nc3c(n2C)CCCC3)oc1C. The average molecular weight is 314 g/mol. The number of likely N-dealkylation sites (tertiary alicyclic amines) is 1. The van der Waals surface area contributed by atoms with Gasteiger partial charge in [-0.05, 0) is 58.9 Å². The van der Waals surface area contributed by atoms with E-state index in [-0.39, 0.29) is 0 Å². The van der Waals surface area contributed by atoms with Crippen molar-refractivity contribution in [1.29, 1.82) is 0 Å². The Hall–Kier alpha value is -1.62. The van der Waals surface area contributed by atoms with Crippen molar-refractivity contribution in [2.45, 2.75) is 65.0 Å². The van der Waals surface area contributed by atoms with Crippen molar-refractivity contribution in [3.63, 3.8) is 0 Å². The molecule has 0 bridgehead atoms. The summed E-state index contributed by atoms with van der Waals surface area (Å²) in [6.07, 6.45) is 7.32. The maximum atomic E-state index is 5.79. The number of fused-ring (bicyclic) bond motifs is 1. The van der Waals surface area contributed by atoms with Gasteiger partial charge in [-0.1, -0.05) is 0 Å². The third-order valence-corrected chi connectivity index (χ3v) is 5.48. The third-order valence-electron chi connectivity index (χ3n) is 5.48. The van der Waals surface area contributed by atoms with Crippen LogP contribution in [0.25, 0.3) is 0 Å². The van der Waals surface area contributed by atoms with Crippen LogP contribution >= 0.6 is 0 Å². The molecule has 0 spiro atoms. The molecular weight excluding hydrogens is 288 g/mol. The number of hydrogen-bond donors (Lipinski definition) is 0. The van der Waals surface area contributed by atoms with Crippen LogP contribution < -0.4 is 0 Å². The third kappa shape index (κ3) is 2.61. The first-order valence-corrected chi connectivity index (χ1v) is 8.85. The van der Waals surface area contributed by atoms with E-state index < -0.39 is 0 Å². The monoisotopic (exact) mass is 314 g/mol. The van der Waals surface area contributed by atoms with E-state index in [1.807, 2.05) is 13.8 Å². The Balaban J connectivity index is 1.59. The van der Waals surface area contributed by atoms with Gasteiger partial charge in [-0.25, -0.2) is 9.97 Å². The van der Waals surface area contributed by atoms with Crippen molar-refractivity contribution in [1.82, 2.24) is 19.4 Å². The molecule has 0 saturated carbocycles. The van der Waals surface area contributed by atoms with Crippen LogP contribution in [0.5, 0.6) is 0 Å². The fourth-order valence-corrected chi connectivity index (χ4v) is 4.09. The molecule has 0 N–H and O–H groups in total. The average Bonchev–Trinajstić information content (AvgIpc) is 3.20. The molecule has 0 amide bonds. The first-order chi connectivity index (χ1) is 11.1. The highest BCUT2D eigenvalue weighted by Gasteiger charge is 2.32. The number of aryl methyl sites for hydroxylation is 3. The second kappa shape index (κ2) is 5.78. The van der Waals surface area contributed by atoms with Gasteiger partial charge in [0, 0.05) is 12.7 Å². The molecule has 1 fully saturated rings. The number of imidazole rings is 1. The second-order valence-corrected chi connectivity index (χ2v) is 7.01. The number of oxazole rings is 1. The van der Waals surface area contributed by atoms with E-state index >= 15 is 0 Å². The first kappa shape index (κ1) is 14.9. The van der Waals surface area contributed by atoms with E-state index in [4.69, 9.17) is 9.40 Å². The van der Waals surface area contributed by atoms with E-state index in [1.54, 1.807) is 0 Å². The van der Waals surface area contributed by atoms with Gasteiger partial charge in [0.25, 0.3) is 0 Å². The molecular formula is C18H26N4O. The minimum atomic E-state index is 0.401. The van der Waals surface area contributed by atoms with Crippen molar-refractivity contribution >= 4 is 0 Å². The molecule has 1 aliphatic heterocycles. The quantitative estimate of drug-likeness (QED) is 0.872. The molecule has 3 heterocycles. The lowest BCUT2D eigenvalue weighted by Gasteiger charge is -2.23. The van der Waals surface area contributed by atoms with Gasteiger partial charge in [-0.15, -0.1) is 0 Å². The lowest BCUT2D eigenvalue weighted by molar-refractivity contribution is 0.212. The Bertz CT molecular complexity index is 695. The van der Waals surface area contributed by atoms with Crippen LogP contribution in [0.3, 0.4) is 0 Å². The Morgan fingerprint density at radius 3 is 2.70 bits per heavy atom. The smallest absolute Gasteiger partial charge is 0.208 e. The summed E-state index contributed by atoms with van der Waals surface area (Å²) < 4.78 is 8.16. The van der Waals surface area contributed by atoms with Gasteiger partial charge in [-0.2, -0.15) is 0 Å². The molecule has 4 rings (SSSR count). The van der Waals surface area contributed by atoms with Crippen LogP contribution in [0.1, 0.15) is 66.3 Å². The summed E-state index contributed by atoms with van der Waals surface area (Å²) in [5.41, 5.74) is 3.80. The number of nitrogens with zero attached hydrogens (tertiary/aromatic N) is 4. The van der Waals surface area contributed by atoms with Gasteiger partial charge >= 0.3 is 0 Å². The predicted molar refractivity (Wildman–Crippen MR) is 88.2 cm³/mol. The maximum absolute atomic E-state index is 5.79. The minimum absolute atomic E-state index is 0.401. The van der Waals surface area contributed by atoms with Crippen LogP contribution in [0.2, 0.25) is 0 Å². The van der Waals surface area contributed by atoms with Crippen molar-refractivity contribution in [3.05, 3.63) is 34.6 Å². The van der Waals surface area contributed by atoms with E-state index in [2.05, 4.69) is 21.5 Å². The molecule has 2 aromatic rings. The van der Waals surface area contributed by atoms with Crippen LogP contribution in [0.4, 0.5) is 0 Å². The van der Waals surface area contributed by atoms with Gasteiger partial charge in [0.05, 0.1) is 24.0 Å². The Morgan fingerprint density at radius 1 is 1.13 bits per heavy atom. The summed E-state index contributed by atoms with van der Waals surface area (Å²) in [6.45, 7) is 5.89. The van der Waals surface area contributed by atoms with Crippen molar-refractivity contribution in [3.8, 4) is 0 Å². The van der Waals surface area contributed by atoms with Crippen molar-refractivity contribution in [2.75, 3.05) is 6.54 Å². The van der Waals surface area contributed by atoms with E-state index in [9.17, 15) is 0 Å². The summed E-state index contributed by atoms with van der Waals surface area (Å²) in [4.78, 5) is 12.1. The summed E-state index contributed by atoms with van der Waals surface area (Å²) in [7, 11) is 2.20. The molecule has 5 heteroatoms. The second-order valence-electron chi connectivity index (χ2n) is 7.01. The van der Waals surface area contributed by atoms with Crippen molar-refractivity contribution in [2.24, 2.45) is 7.05 Å². The fourth-order valence-electron chi connectivity index (χ4n) is 4.09. The topological polar surface area (TPSA) is 47.1 Å². The summed E-state index contributed by atoms with van der Waals surface area (Å²) in [5.74, 6) is 3.02. The number of rotatable bonds is 3. The molecule has 1 saturated heterocycles. The standard InChI is InChI=1S/C18H26N4O/c1-12-13(2)23-17(19-12)11-22-10-6-9-16(22)18-20-14-7-4-5-8-15(14)21(18)3/h16H,4-11H2,1-3H3/t16-/m1/s1. The van der Waals surface area contributed by atoms with E-state index in [0.29, 0.717) is 6.04 Å². The van der Waals surface area contributed by atoms with Gasteiger partial charge in [0.2, 0.25) is 5.89 Å². The molecule has 0 unspecified atom stereocenters. The van der Waals surface area contributed by atoms with E-state index in [1.165, 1.54) is 49.3 Å². The summed E-state index contributed by atoms with van der Waals surface area (Å²) >= 11 is 0. The fraction of sp³-hybridized carbons (Fsp3) is 0.667. The van der Waals surface area contributed by atoms with Gasteiger partial charge in [-0.3, -0.25) is 4.90 Å². The number of hydrogen-bond acceptors (Lipinski definition) is 4. The minimum Gasteiger partial charge on any atom is -0.444 e. The van der Waals surface area contributed by atoms with E-state index in [0.717, 1.165) is 36.9 Å². The van der Waals surface area contributed by atoms with Crippen LogP contribution in [0, 0.1) is 13.8 Å².